The van der Waals surface area contributed by atoms with Crippen LogP contribution < -0.4 is 5.32 Å². The minimum absolute atomic E-state index is 0.0500. The lowest BCUT2D eigenvalue weighted by atomic mass is 10.2. The summed E-state index contributed by atoms with van der Waals surface area (Å²) in [6.07, 6.45) is 4.47. The predicted octanol–water partition coefficient (Wildman–Crippen LogP) is 0.397. The van der Waals surface area contributed by atoms with Gasteiger partial charge < -0.3 is 9.88 Å². The maximum Gasteiger partial charge on any atom is 0.233 e. The Labute approximate surface area is 127 Å². The Morgan fingerprint density at radius 1 is 1.48 bits per heavy atom. The fourth-order valence-corrected chi connectivity index (χ4v) is 4.94. The van der Waals surface area contributed by atoms with Crippen LogP contribution in [-0.4, -0.2) is 51.9 Å². The van der Waals surface area contributed by atoms with Crippen LogP contribution in [0.4, 0.5) is 0 Å². The Morgan fingerprint density at radius 3 is 2.86 bits per heavy atom. The number of nitrogens with zero attached hydrogens (tertiary/aromatic N) is 3. The van der Waals surface area contributed by atoms with Gasteiger partial charge in [-0.05, 0) is 26.2 Å². The van der Waals surface area contributed by atoms with Gasteiger partial charge in [0.05, 0.1) is 16.8 Å². The second-order valence-electron chi connectivity index (χ2n) is 5.62. The van der Waals surface area contributed by atoms with Crippen molar-refractivity contribution < 1.29 is 13.2 Å². The molecule has 3 rings (SSSR count). The van der Waals surface area contributed by atoms with Gasteiger partial charge in [0.1, 0.15) is 6.33 Å². The second-order valence-corrected chi connectivity index (χ2v) is 9.16. The van der Waals surface area contributed by atoms with E-state index in [1.54, 1.807) is 13.3 Å². The summed E-state index contributed by atoms with van der Waals surface area (Å²) in [6, 6.07) is 0.213. The van der Waals surface area contributed by atoms with E-state index in [0.29, 0.717) is 12.5 Å². The highest BCUT2D eigenvalue weighted by atomic mass is 32.2. The van der Waals surface area contributed by atoms with Crippen LogP contribution in [-0.2, 0) is 14.6 Å². The molecule has 0 bridgehead atoms. The monoisotopic (exact) mass is 330 g/mol. The highest BCUT2D eigenvalue weighted by Gasteiger charge is 2.31. The highest BCUT2D eigenvalue weighted by molar-refractivity contribution is 8.00. The fourth-order valence-electron chi connectivity index (χ4n) is 2.36. The van der Waals surface area contributed by atoms with Crippen LogP contribution in [0.1, 0.15) is 32.2 Å². The molecule has 1 aliphatic carbocycles. The van der Waals surface area contributed by atoms with E-state index in [2.05, 4.69) is 15.5 Å². The first-order chi connectivity index (χ1) is 9.94. The van der Waals surface area contributed by atoms with Gasteiger partial charge in [0, 0.05) is 12.1 Å². The molecule has 0 radical (unpaired) electrons. The normalized spacial score (nSPS) is 25.7. The van der Waals surface area contributed by atoms with Gasteiger partial charge >= 0.3 is 0 Å². The molecule has 2 atom stereocenters. The first kappa shape index (κ1) is 14.8. The second kappa shape index (κ2) is 5.60. The van der Waals surface area contributed by atoms with Crippen molar-refractivity contribution in [2.75, 3.05) is 11.5 Å². The predicted molar refractivity (Wildman–Crippen MR) is 78.8 cm³/mol. The van der Waals surface area contributed by atoms with Gasteiger partial charge in [-0.2, -0.15) is 0 Å². The molecular weight excluding hydrogens is 312 g/mol. The van der Waals surface area contributed by atoms with Gasteiger partial charge in [0.15, 0.2) is 15.0 Å². The molecule has 2 aliphatic rings. The van der Waals surface area contributed by atoms with Crippen LogP contribution in [0.3, 0.4) is 0 Å². The average molecular weight is 330 g/mol. The van der Waals surface area contributed by atoms with Gasteiger partial charge in [-0.25, -0.2) is 8.42 Å². The number of nitrogens with one attached hydrogen (secondary N) is 1. The van der Waals surface area contributed by atoms with E-state index in [0.717, 1.165) is 18.0 Å². The minimum atomic E-state index is -2.97. The topological polar surface area (TPSA) is 93.9 Å². The number of carbonyl (C=O) groups is 1. The number of hydrogen-bond acceptors (Lipinski definition) is 6. The Bertz CT molecular complexity index is 639. The third-order valence-electron chi connectivity index (χ3n) is 3.71. The molecule has 116 valence electrons. The summed E-state index contributed by atoms with van der Waals surface area (Å²) in [7, 11) is -2.97. The molecule has 1 aromatic heterocycles. The Kier molecular flexibility index (Phi) is 3.96. The molecule has 2 heterocycles. The highest BCUT2D eigenvalue weighted by Crippen LogP contribution is 2.37. The number of carbonyl (C=O) groups excluding carboxylic acids is 1. The van der Waals surface area contributed by atoms with Crippen molar-refractivity contribution in [1.82, 2.24) is 20.1 Å². The number of amides is 1. The van der Waals surface area contributed by atoms with Gasteiger partial charge in [0.25, 0.3) is 0 Å². The van der Waals surface area contributed by atoms with Crippen molar-refractivity contribution in [3.63, 3.8) is 0 Å². The number of thioether (sulfide) groups is 1. The lowest BCUT2D eigenvalue weighted by Gasteiger charge is -2.15. The van der Waals surface area contributed by atoms with Gasteiger partial charge in [0.2, 0.25) is 5.91 Å². The molecule has 2 fully saturated rings. The Morgan fingerprint density at radius 2 is 2.24 bits per heavy atom. The summed E-state index contributed by atoms with van der Waals surface area (Å²) in [6.45, 7) is 1.80. The van der Waals surface area contributed by atoms with E-state index in [4.69, 9.17) is 0 Å². The largest absolute Gasteiger partial charge is 0.351 e. The molecule has 21 heavy (non-hydrogen) atoms. The van der Waals surface area contributed by atoms with Crippen LogP contribution in [0.25, 0.3) is 0 Å². The SMILES string of the molecule is CC(Sc1nncn1C1CC1)C(=O)NC1CCS(=O)(=O)C1. The molecule has 1 amide bonds. The quantitative estimate of drug-likeness (QED) is 0.785. The molecule has 1 aliphatic heterocycles. The van der Waals surface area contributed by atoms with Crippen molar-refractivity contribution in [3.05, 3.63) is 6.33 Å². The van der Waals surface area contributed by atoms with Crippen molar-refractivity contribution in [2.45, 2.75) is 48.7 Å². The van der Waals surface area contributed by atoms with Crippen molar-refractivity contribution in [2.24, 2.45) is 0 Å². The number of rotatable bonds is 5. The molecule has 7 nitrogen and oxygen atoms in total. The minimum Gasteiger partial charge on any atom is -0.351 e. The van der Waals surface area contributed by atoms with Crippen LogP contribution in [0, 0.1) is 0 Å². The Hall–Kier alpha value is -1.09. The summed E-state index contributed by atoms with van der Waals surface area (Å²) in [4.78, 5) is 12.1. The fraction of sp³-hybridized carbons (Fsp3) is 0.750. The van der Waals surface area contributed by atoms with Crippen molar-refractivity contribution >= 4 is 27.5 Å². The van der Waals surface area contributed by atoms with E-state index in [1.807, 2.05) is 4.57 Å². The lowest BCUT2D eigenvalue weighted by Crippen LogP contribution is -2.40. The maximum atomic E-state index is 12.1. The Balaban J connectivity index is 1.56. The summed E-state index contributed by atoms with van der Waals surface area (Å²) in [5, 5.41) is 11.2. The lowest BCUT2D eigenvalue weighted by molar-refractivity contribution is -0.120. The van der Waals surface area contributed by atoms with Gasteiger partial charge in [-0.15, -0.1) is 10.2 Å². The zero-order chi connectivity index (χ0) is 15.0. The van der Waals surface area contributed by atoms with Gasteiger partial charge in [-0.3, -0.25) is 4.79 Å². The molecule has 2 unspecified atom stereocenters. The smallest absolute Gasteiger partial charge is 0.233 e. The zero-order valence-electron chi connectivity index (χ0n) is 11.7. The third kappa shape index (κ3) is 3.57. The summed E-state index contributed by atoms with van der Waals surface area (Å²) < 4.78 is 24.8. The van der Waals surface area contributed by atoms with Crippen LogP contribution in [0.5, 0.6) is 0 Å². The maximum absolute atomic E-state index is 12.1. The summed E-state index contributed by atoms with van der Waals surface area (Å²) >= 11 is 1.36. The molecule has 1 aromatic rings. The number of sulfone groups is 1. The van der Waals surface area contributed by atoms with E-state index in [9.17, 15) is 13.2 Å². The van der Waals surface area contributed by atoms with Crippen molar-refractivity contribution in [1.29, 1.82) is 0 Å². The molecule has 0 spiro atoms. The zero-order valence-corrected chi connectivity index (χ0v) is 13.4. The van der Waals surface area contributed by atoms with Crippen LogP contribution in [0.15, 0.2) is 11.5 Å². The van der Waals surface area contributed by atoms with E-state index in [-0.39, 0.29) is 28.7 Å². The molecular formula is C12H18N4O3S2. The van der Waals surface area contributed by atoms with Gasteiger partial charge in [-0.1, -0.05) is 11.8 Å². The number of aromatic nitrogens is 3. The van der Waals surface area contributed by atoms with Crippen molar-refractivity contribution in [3.8, 4) is 0 Å². The standard InChI is InChI=1S/C12H18N4O3S2/c1-8(11(17)14-9-4-5-21(18,19)6-9)20-12-15-13-7-16(12)10-2-3-10/h7-10H,2-6H2,1H3,(H,14,17). The molecule has 1 saturated heterocycles. The molecule has 0 aromatic carbocycles. The van der Waals surface area contributed by atoms with Crippen LogP contribution >= 0.6 is 11.8 Å². The first-order valence-corrected chi connectivity index (χ1v) is 9.72. The molecule has 1 saturated carbocycles. The summed E-state index contributed by atoms with van der Waals surface area (Å²) in [5.74, 6) is 0.0663. The summed E-state index contributed by atoms with van der Waals surface area (Å²) in [5.41, 5.74) is 0. The van der Waals surface area contributed by atoms with E-state index < -0.39 is 9.84 Å². The average Bonchev–Trinajstić information content (AvgIpc) is 3.06. The van der Waals surface area contributed by atoms with E-state index >= 15 is 0 Å². The third-order valence-corrected chi connectivity index (χ3v) is 6.55. The van der Waals surface area contributed by atoms with Crippen LogP contribution in [0.2, 0.25) is 0 Å². The molecule has 9 heteroatoms. The first-order valence-electron chi connectivity index (χ1n) is 7.01. The van der Waals surface area contributed by atoms with E-state index in [1.165, 1.54) is 11.8 Å². The molecule has 1 N–H and O–H groups in total. The number of hydrogen-bond donors (Lipinski definition) is 1.